The third-order valence-corrected chi connectivity index (χ3v) is 3.53. The zero-order valence-electron chi connectivity index (χ0n) is 9.87. The highest BCUT2D eigenvalue weighted by atomic mass is 79.9. The van der Waals surface area contributed by atoms with E-state index in [-0.39, 0.29) is 5.75 Å². The second-order valence-electron chi connectivity index (χ2n) is 4.11. The molecule has 2 aromatic rings. The lowest BCUT2D eigenvalue weighted by molar-refractivity contribution is 0.469. The summed E-state index contributed by atoms with van der Waals surface area (Å²) in [5, 5.41) is 13.6. The quantitative estimate of drug-likeness (QED) is 0.854. The summed E-state index contributed by atoms with van der Waals surface area (Å²) in [6.07, 6.45) is 0. The van der Waals surface area contributed by atoms with Gasteiger partial charge in [0.15, 0.2) is 0 Å². The van der Waals surface area contributed by atoms with Crippen molar-refractivity contribution < 1.29 is 5.11 Å². The molecule has 2 rings (SSSR count). The van der Waals surface area contributed by atoms with E-state index in [0.29, 0.717) is 11.6 Å². The van der Waals surface area contributed by atoms with Crippen LogP contribution in [-0.4, -0.2) is 5.11 Å². The molecule has 0 aliphatic rings. The highest BCUT2D eigenvalue weighted by Gasteiger charge is 2.04. The van der Waals surface area contributed by atoms with Gasteiger partial charge < -0.3 is 10.4 Å². The molecule has 0 fully saturated rings. The average molecular weight is 327 g/mol. The Kier molecular flexibility index (Phi) is 4.15. The number of hydrogen-bond acceptors (Lipinski definition) is 2. The third-order valence-electron chi connectivity index (χ3n) is 2.64. The molecular weight excluding hydrogens is 314 g/mol. The first-order valence-corrected chi connectivity index (χ1v) is 6.71. The Morgan fingerprint density at radius 2 is 2.00 bits per heavy atom. The Balaban J connectivity index is 2.13. The molecule has 4 heteroatoms. The number of phenolic OH excluding ortho intramolecular Hbond substituents is 1. The Labute approximate surface area is 120 Å². The number of aromatic hydroxyl groups is 1. The zero-order valence-corrected chi connectivity index (χ0v) is 12.2. The Morgan fingerprint density at radius 1 is 1.22 bits per heavy atom. The molecule has 0 aromatic heterocycles. The first kappa shape index (κ1) is 13.2. The largest absolute Gasteiger partial charge is 0.508 e. The summed E-state index contributed by atoms with van der Waals surface area (Å²) in [6, 6.07) is 11.1. The highest BCUT2D eigenvalue weighted by Crippen LogP contribution is 2.26. The van der Waals surface area contributed by atoms with Crippen molar-refractivity contribution in [2.24, 2.45) is 0 Å². The molecule has 2 nitrogen and oxygen atoms in total. The molecule has 0 saturated carbocycles. The monoisotopic (exact) mass is 325 g/mol. The molecule has 94 valence electrons. The maximum Gasteiger partial charge on any atom is 0.120 e. The fraction of sp³-hybridized carbons (Fsp3) is 0.143. The van der Waals surface area contributed by atoms with E-state index in [9.17, 15) is 5.11 Å². The number of hydrogen-bond donors (Lipinski definition) is 2. The van der Waals surface area contributed by atoms with Gasteiger partial charge in [-0.2, -0.15) is 0 Å². The molecule has 0 heterocycles. The lowest BCUT2D eigenvalue weighted by Gasteiger charge is -2.10. The topological polar surface area (TPSA) is 32.3 Å². The van der Waals surface area contributed by atoms with Gasteiger partial charge in [0.05, 0.1) is 0 Å². The fourth-order valence-electron chi connectivity index (χ4n) is 1.65. The molecule has 0 radical (unpaired) electrons. The maximum absolute atomic E-state index is 9.72. The van der Waals surface area contributed by atoms with Crippen molar-refractivity contribution in [1.29, 1.82) is 0 Å². The molecule has 0 spiro atoms. The summed E-state index contributed by atoms with van der Waals surface area (Å²) in [5.41, 5.74) is 2.95. The van der Waals surface area contributed by atoms with E-state index in [1.807, 2.05) is 25.1 Å². The normalized spacial score (nSPS) is 10.4. The predicted octanol–water partition coefficient (Wildman–Crippen LogP) is 4.73. The fourth-order valence-corrected chi connectivity index (χ4v) is 2.48. The van der Waals surface area contributed by atoms with E-state index in [0.717, 1.165) is 15.7 Å². The van der Waals surface area contributed by atoms with Crippen molar-refractivity contribution >= 4 is 33.2 Å². The van der Waals surface area contributed by atoms with Gasteiger partial charge in [-0.25, -0.2) is 0 Å². The summed E-state index contributed by atoms with van der Waals surface area (Å²) >= 11 is 9.41. The van der Waals surface area contributed by atoms with Gasteiger partial charge in [-0.1, -0.05) is 17.7 Å². The summed E-state index contributed by atoms with van der Waals surface area (Å²) in [7, 11) is 0. The van der Waals surface area contributed by atoms with Crippen LogP contribution in [0.2, 0.25) is 5.02 Å². The van der Waals surface area contributed by atoms with E-state index < -0.39 is 0 Å². The van der Waals surface area contributed by atoms with Crippen LogP contribution < -0.4 is 5.32 Å². The van der Waals surface area contributed by atoms with Crippen molar-refractivity contribution in [3.8, 4) is 5.75 Å². The zero-order chi connectivity index (χ0) is 13.1. The van der Waals surface area contributed by atoms with E-state index >= 15 is 0 Å². The van der Waals surface area contributed by atoms with Crippen LogP contribution in [0, 0.1) is 6.92 Å². The minimum absolute atomic E-state index is 0.245. The second-order valence-corrected chi connectivity index (χ2v) is 5.40. The van der Waals surface area contributed by atoms with Crippen LogP contribution in [-0.2, 0) is 6.54 Å². The molecule has 18 heavy (non-hydrogen) atoms. The van der Waals surface area contributed by atoms with Crippen LogP contribution in [0.1, 0.15) is 11.1 Å². The smallest absolute Gasteiger partial charge is 0.120 e. The molecule has 0 aliphatic carbocycles. The van der Waals surface area contributed by atoms with E-state index in [2.05, 4.69) is 21.2 Å². The van der Waals surface area contributed by atoms with Gasteiger partial charge in [0.1, 0.15) is 5.75 Å². The summed E-state index contributed by atoms with van der Waals surface area (Å²) < 4.78 is 1.00. The number of nitrogens with one attached hydrogen (secondary N) is 1. The first-order chi connectivity index (χ1) is 8.56. The number of rotatable bonds is 3. The van der Waals surface area contributed by atoms with E-state index in [1.165, 1.54) is 5.56 Å². The number of aryl methyl sites for hydroxylation is 1. The molecular formula is C14H13BrClNO. The predicted molar refractivity (Wildman–Crippen MR) is 79.3 cm³/mol. The summed E-state index contributed by atoms with van der Waals surface area (Å²) in [6.45, 7) is 2.56. The van der Waals surface area contributed by atoms with Crippen molar-refractivity contribution in [2.45, 2.75) is 13.5 Å². The maximum atomic E-state index is 9.72. The van der Waals surface area contributed by atoms with Gasteiger partial charge in [0, 0.05) is 27.3 Å². The SMILES string of the molecule is Cc1ccc(NCc2cc(Cl)ccc2O)c(Br)c1. The molecule has 0 amide bonds. The van der Waals surface area contributed by atoms with Crippen molar-refractivity contribution in [1.82, 2.24) is 0 Å². The molecule has 2 aromatic carbocycles. The Hall–Kier alpha value is -1.19. The molecule has 0 atom stereocenters. The minimum atomic E-state index is 0.245. The molecule has 0 saturated heterocycles. The third kappa shape index (κ3) is 3.18. The minimum Gasteiger partial charge on any atom is -0.508 e. The van der Waals surface area contributed by atoms with Crippen LogP contribution in [0.4, 0.5) is 5.69 Å². The van der Waals surface area contributed by atoms with Crippen molar-refractivity contribution in [2.75, 3.05) is 5.32 Å². The van der Waals surface area contributed by atoms with Crippen molar-refractivity contribution in [3.63, 3.8) is 0 Å². The number of phenols is 1. The van der Waals surface area contributed by atoms with Gasteiger partial charge in [0.25, 0.3) is 0 Å². The van der Waals surface area contributed by atoms with Gasteiger partial charge in [-0.15, -0.1) is 0 Å². The summed E-state index contributed by atoms with van der Waals surface area (Å²) in [4.78, 5) is 0. The first-order valence-electron chi connectivity index (χ1n) is 5.53. The molecule has 0 bridgehead atoms. The number of halogens is 2. The van der Waals surface area contributed by atoms with E-state index in [4.69, 9.17) is 11.6 Å². The van der Waals surface area contributed by atoms with Crippen LogP contribution in [0.25, 0.3) is 0 Å². The number of anilines is 1. The van der Waals surface area contributed by atoms with Crippen LogP contribution >= 0.6 is 27.5 Å². The second kappa shape index (κ2) is 5.63. The van der Waals surface area contributed by atoms with Crippen LogP contribution in [0.5, 0.6) is 5.75 Å². The molecule has 2 N–H and O–H groups in total. The van der Waals surface area contributed by atoms with Crippen molar-refractivity contribution in [3.05, 3.63) is 57.0 Å². The number of benzene rings is 2. The van der Waals surface area contributed by atoms with E-state index in [1.54, 1.807) is 18.2 Å². The lowest BCUT2D eigenvalue weighted by Crippen LogP contribution is -2.00. The van der Waals surface area contributed by atoms with Gasteiger partial charge in [-0.05, 0) is 58.7 Å². The summed E-state index contributed by atoms with van der Waals surface area (Å²) in [5.74, 6) is 0.245. The Morgan fingerprint density at radius 3 is 2.72 bits per heavy atom. The molecule has 0 unspecified atom stereocenters. The highest BCUT2D eigenvalue weighted by molar-refractivity contribution is 9.10. The Bertz CT molecular complexity index is 572. The van der Waals surface area contributed by atoms with Gasteiger partial charge in [-0.3, -0.25) is 0 Å². The van der Waals surface area contributed by atoms with Crippen LogP contribution in [0.15, 0.2) is 40.9 Å². The average Bonchev–Trinajstić information content (AvgIpc) is 2.32. The lowest BCUT2D eigenvalue weighted by atomic mass is 10.2. The van der Waals surface area contributed by atoms with Gasteiger partial charge in [0.2, 0.25) is 0 Å². The van der Waals surface area contributed by atoms with Gasteiger partial charge >= 0.3 is 0 Å². The molecule has 0 aliphatic heterocycles. The standard InChI is InChI=1S/C14H13BrClNO/c1-9-2-4-13(12(15)6-9)17-8-10-7-11(16)3-5-14(10)18/h2-7,17-18H,8H2,1H3. The van der Waals surface area contributed by atoms with Crippen LogP contribution in [0.3, 0.4) is 0 Å².